The molecule has 12 nitrogen and oxygen atoms in total. The van der Waals surface area contributed by atoms with Crippen molar-refractivity contribution in [2.75, 3.05) is 0 Å². The molecule has 0 amide bonds. The Hall–Kier alpha value is -4.22. The molecule has 0 saturated heterocycles. The quantitative estimate of drug-likeness (QED) is 0.117. The van der Waals surface area contributed by atoms with Gasteiger partial charge in [0.1, 0.15) is 0 Å². The molecule has 342 valence electrons. The largest absolute Gasteiger partial charge is 0.393 e. The van der Waals surface area contributed by atoms with Gasteiger partial charge in [0.05, 0.1) is 39.1 Å². The van der Waals surface area contributed by atoms with Crippen LogP contribution in [0, 0.1) is 33.5 Å². The molecular weight excluding hydrogens is 769 g/mol. The van der Waals surface area contributed by atoms with Crippen molar-refractivity contribution in [2.45, 2.75) is 188 Å². The van der Waals surface area contributed by atoms with Gasteiger partial charge in [-0.15, -0.1) is 0 Å². The fraction of sp³-hybridized carbons (Fsp3) is 0.708. The molecule has 1 aliphatic rings. The van der Waals surface area contributed by atoms with Crippen molar-refractivity contribution >= 4 is 47.8 Å². The molecule has 0 heterocycles. The van der Waals surface area contributed by atoms with Crippen molar-refractivity contribution in [3.05, 3.63) is 35.4 Å². The van der Waals surface area contributed by atoms with E-state index in [1.807, 2.05) is 46.8 Å². The van der Waals surface area contributed by atoms with Gasteiger partial charge in [0.15, 0.2) is 0 Å². The highest BCUT2D eigenvalue weighted by molar-refractivity contribution is 5.96. The summed E-state index contributed by atoms with van der Waals surface area (Å²) in [5, 5.41) is 0. The molecule has 1 aromatic rings. The first kappa shape index (κ1) is 57.9. The Morgan fingerprint density at radius 3 is 1.30 bits per heavy atom. The molecule has 0 aliphatic heterocycles. The van der Waals surface area contributed by atoms with Crippen LogP contribution in [0.4, 0.5) is 0 Å². The molecule has 0 spiro atoms. The van der Waals surface area contributed by atoms with E-state index in [0.717, 1.165) is 32.1 Å². The highest BCUT2D eigenvalue weighted by Crippen LogP contribution is 2.29. The van der Waals surface area contributed by atoms with Crippen LogP contribution in [0.1, 0.15) is 198 Å². The number of carbonyl (C=O) groups is 8. The van der Waals surface area contributed by atoms with Gasteiger partial charge in [-0.3, -0.25) is 33.6 Å². The molecule has 0 atom stereocenters. The SMILES string of the molecule is CCC(C)(C)C(=O)OC(=O)C(C)(C)C.CCC(C)(C)C(=O)OC(=O)C(C)C.CCC(C)(C)C(=O)OC(=O)C1CCCCC1.CCC(C)(C)c1ccc(C(=O)OC(C)=O)cc1. The Labute approximate surface area is 361 Å². The van der Waals surface area contributed by atoms with Crippen LogP contribution in [-0.2, 0) is 57.9 Å². The molecule has 60 heavy (non-hydrogen) atoms. The number of rotatable bonds is 11. The third-order valence-corrected chi connectivity index (χ3v) is 10.9. The van der Waals surface area contributed by atoms with Crippen molar-refractivity contribution in [2.24, 2.45) is 33.5 Å². The van der Waals surface area contributed by atoms with Crippen molar-refractivity contribution in [1.29, 1.82) is 0 Å². The molecule has 0 unspecified atom stereocenters. The zero-order chi connectivity index (χ0) is 47.4. The van der Waals surface area contributed by atoms with Crippen LogP contribution in [0.2, 0.25) is 0 Å². The Bertz CT molecular complexity index is 1580. The summed E-state index contributed by atoms with van der Waals surface area (Å²) in [5.74, 6) is -3.99. The Morgan fingerprint density at radius 2 is 0.950 bits per heavy atom. The summed E-state index contributed by atoms with van der Waals surface area (Å²) in [6.07, 6.45) is 8.11. The standard InChI is InChI=1S/C14H18O3.C13H22O3.C11H20O3.C10H18O3/c1-5-14(3,4)12-8-6-11(7-9-12)13(16)17-10(2)15;1-4-13(2,3)12(15)16-11(14)10-8-6-5-7-9-10;1-7-11(5,6)9(13)14-8(12)10(2,3)4;1-6-10(4,5)9(12)13-8(11)7(2)3/h6-9H,5H2,1-4H3;10H,4-9H2,1-3H3;7H2,1-6H3;7H,6H2,1-5H3. The van der Waals surface area contributed by atoms with Crippen LogP contribution in [-0.4, -0.2) is 47.8 Å². The first-order chi connectivity index (χ1) is 27.3. The maximum Gasteiger partial charge on any atom is 0.345 e. The number of carbonyl (C=O) groups excluding carboxylic acids is 8. The zero-order valence-corrected chi connectivity index (χ0v) is 40.2. The van der Waals surface area contributed by atoms with E-state index in [0.29, 0.717) is 24.8 Å². The molecule has 2 rings (SSSR count). The molecule has 0 aromatic heterocycles. The first-order valence-electron chi connectivity index (χ1n) is 21.4. The van der Waals surface area contributed by atoms with Gasteiger partial charge in [0.2, 0.25) is 0 Å². The fourth-order valence-corrected chi connectivity index (χ4v) is 4.26. The predicted molar refractivity (Wildman–Crippen MR) is 232 cm³/mol. The van der Waals surface area contributed by atoms with Gasteiger partial charge in [-0.25, -0.2) is 4.79 Å². The summed E-state index contributed by atoms with van der Waals surface area (Å²) in [5.41, 5.74) is -0.673. The van der Waals surface area contributed by atoms with Crippen LogP contribution >= 0.6 is 0 Å². The lowest BCUT2D eigenvalue weighted by atomic mass is 9.82. The van der Waals surface area contributed by atoms with Gasteiger partial charge in [-0.1, -0.05) is 86.8 Å². The van der Waals surface area contributed by atoms with Gasteiger partial charge < -0.3 is 18.9 Å². The van der Waals surface area contributed by atoms with Crippen LogP contribution in [0.15, 0.2) is 24.3 Å². The van der Waals surface area contributed by atoms with Crippen LogP contribution in [0.25, 0.3) is 0 Å². The summed E-state index contributed by atoms with van der Waals surface area (Å²) in [6.45, 7) is 32.6. The topological polar surface area (TPSA) is 173 Å². The van der Waals surface area contributed by atoms with E-state index >= 15 is 0 Å². The monoisotopic (exact) mass is 847 g/mol. The number of ether oxygens (including phenoxy) is 4. The van der Waals surface area contributed by atoms with Crippen molar-refractivity contribution in [3.8, 4) is 0 Å². The van der Waals surface area contributed by atoms with E-state index in [4.69, 9.17) is 9.47 Å². The molecule has 0 radical (unpaired) electrons. The van der Waals surface area contributed by atoms with E-state index in [2.05, 4.69) is 30.2 Å². The van der Waals surface area contributed by atoms with Gasteiger partial charge >= 0.3 is 47.8 Å². The van der Waals surface area contributed by atoms with E-state index < -0.39 is 57.5 Å². The third-order valence-electron chi connectivity index (χ3n) is 10.9. The molecule has 1 fully saturated rings. The minimum Gasteiger partial charge on any atom is -0.393 e. The minimum atomic E-state index is -0.626. The van der Waals surface area contributed by atoms with Crippen LogP contribution in [0.3, 0.4) is 0 Å². The predicted octanol–water partition coefficient (Wildman–Crippen LogP) is 10.8. The second-order valence-electron chi connectivity index (χ2n) is 19.2. The summed E-state index contributed by atoms with van der Waals surface area (Å²) >= 11 is 0. The summed E-state index contributed by atoms with van der Waals surface area (Å²) in [4.78, 5) is 90.9. The molecule has 0 bridgehead atoms. The molecule has 1 aliphatic carbocycles. The van der Waals surface area contributed by atoms with E-state index in [9.17, 15) is 38.4 Å². The van der Waals surface area contributed by atoms with Gasteiger partial charge in [-0.05, 0) is 124 Å². The lowest BCUT2D eigenvalue weighted by molar-refractivity contribution is -0.172. The molecule has 0 N–H and O–H groups in total. The lowest BCUT2D eigenvalue weighted by Crippen LogP contribution is -2.33. The third kappa shape index (κ3) is 21.3. The zero-order valence-electron chi connectivity index (χ0n) is 40.2. The smallest absolute Gasteiger partial charge is 0.345 e. The minimum absolute atomic E-state index is 0.0506. The van der Waals surface area contributed by atoms with E-state index in [1.165, 1.54) is 18.9 Å². The van der Waals surface area contributed by atoms with E-state index in [1.54, 1.807) is 74.4 Å². The first-order valence-corrected chi connectivity index (χ1v) is 21.4. The fourth-order valence-electron chi connectivity index (χ4n) is 4.26. The maximum atomic E-state index is 11.7. The molecular formula is C48H78O12. The lowest BCUT2D eigenvalue weighted by Gasteiger charge is -2.23. The summed E-state index contributed by atoms with van der Waals surface area (Å²) in [6, 6.07) is 7.19. The van der Waals surface area contributed by atoms with Crippen molar-refractivity contribution in [1.82, 2.24) is 0 Å². The van der Waals surface area contributed by atoms with Crippen molar-refractivity contribution < 1.29 is 57.3 Å². The molecule has 1 aromatic carbocycles. The second-order valence-corrected chi connectivity index (χ2v) is 19.2. The van der Waals surface area contributed by atoms with Crippen LogP contribution in [0.5, 0.6) is 0 Å². The van der Waals surface area contributed by atoms with Gasteiger partial charge in [-0.2, -0.15) is 0 Å². The Kier molecular flexibility index (Phi) is 24.6. The molecule has 1 saturated carbocycles. The number of hydrogen-bond donors (Lipinski definition) is 0. The van der Waals surface area contributed by atoms with Crippen LogP contribution < -0.4 is 0 Å². The molecule has 12 heteroatoms. The Morgan fingerprint density at radius 1 is 0.550 bits per heavy atom. The van der Waals surface area contributed by atoms with E-state index in [-0.39, 0.29) is 29.2 Å². The highest BCUT2D eigenvalue weighted by Gasteiger charge is 2.34. The highest BCUT2D eigenvalue weighted by atomic mass is 16.6. The number of hydrogen-bond acceptors (Lipinski definition) is 12. The normalized spacial score (nSPS) is 13.4. The second kappa shape index (κ2) is 25.5. The Balaban J connectivity index is 0. The maximum absolute atomic E-state index is 11.7. The van der Waals surface area contributed by atoms with Gasteiger partial charge in [0.25, 0.3) is 0 Å². The number of esters is 8. The summed E-state index contributed by atoms with van der Waals surface area (Å²) < 4.78 is 19.0. The number of benzene rings is 1. The summed E-state index contributed by atoms with van der Waals surface area (Å²) in [7, 11) is 0. The van der Waals surface area contributed by atoms with Gasteiger partial charge in [0, 0.05) is 6.92 Å². The average Bonchev–Trinajstić information content (AvgIpc) is 3.18. The van der Waals surface area contributed by atoms with Crippen molar-refractivity contribution in [3.63, 3.8) is 0 Å². The average molecular weight is 847 g/mol.